The van der Waals surface area contributed by atoms with Gasteiger partial charge >= 0.3 is 6.03 Å². The standard InChI is InChI=1S/C17H27ClN2O4/c1-17(2,3)6-7-23-11-5-4-9-8-10-14(21)19-16(22)20-15(10)24-13(9)12(11)18/h9-13,15H,4-8H2,1-3H3,(H2,19,20,21,22). The van der Waals surface area contributed by atoms with Gasteiger partial charge in [-0.15, -0.1) is 11.6 Å². The number of fused-ring (bicyclic) bond motifs is 2. The summed E-state index contributed by atoms with van der Waals surface area (Å²) in [7, 11) is 0. The highest BCUT2D eigenvalue weighted by atomic mass is 35.5. The number of hydrogen-bond donors (Lipinski definition) is 2. The summed E-state index contributed by atoms with van der Waals surface area (Å²) in [4.78, 5) is 23.5. The molecule has 0 aromatic carbocycles. The first kappa shape index (κ1) is 18.0. The van der Waals surface area contributed by atoms with Gasteiger partial charge < -0.3 is 14.8 Å². The number of hydrogen-bond acceptors (Lipinski definition) is 4. The van der Waals surface area contributed by atoms with E-state index in [1.54, 1.807) is 0 Å². The fraction of sp³-hybridized carbons (Fsp3) is 0.882. The molecule has 1 aliphatic carbocycles. The minimum Gasteiger partial charge on any atom is -0.377 e. The Labute approximate surface area is 148 Å². The average Bonchev–Trinajstić information content (AvgIpc) is 2.47. The van der Waals surface area contributed by atoms with E-state index in [2.05, 4.69) is 31.4 Å². The Kier molecular flexibility index (Phi) is 5.09. The number of nitrogens with one attached hydrogen (secondary N) is 2. The molecule has 2 saturated heterocycles. The number of halogens is 1. The number of amides is 3. The van der Waals surface area contributed by atoms with E-state index in [1.807, 2.05) is 0 Å². The maximum Gasteiger partial charge on any atom is 0.323 e. The molecule has 6 unspecified atom stereocenters. The molecule has 6 nitrogen and oxygen atoms in total. The van der Waals surface area contributed by atoms with Crippen molar-refractivity contribution >= 4 is 23.5 Å². The molecule has 136 valence electrons. The number of carbonyl (C=O) groups excluding carboxylic acids is 2. The van der Waals surface area contributed by atoms with Crippen LogP contribution in [0.2, 0.25) is 0 Å². The van der Waals surface area contributed by atoms with E-state index < -0.39 is 12.3 Å². The number of urea groups is 1. The van der Waals surface area contributed by atoms with Crippen LogP contribution in [0.15, 0.2) is 0 Å². The van der Waals surface area contributed by atoms with E-state index in [-0.39, 0.29) is 40.7 Å². The third-order valence-electron chi connectivity index (χ3n) is 5.21. The molecule has 3 aliphatic rings. The summed E-state index contributed by atoms with van der Waals surface area (Å²) in [5.41, 5.74) is 0.229. The maximum atomic E-state index is 12.0. The first-order chi connectivity index (χ1) is 11.2. The van der Waals surface area contributed by atoms with Crippen molar-refractivity contribution in [2.45, 2.75) is 70.3 Å². The van der Waals surface area contributed by atoms with Crippen LogP contribution in [0.25, 0.3) is 0 Å². The molecule has 1 saturated carbocycles. The highest BCUT2D eigenvalue weighted by Gasteiger charge is 2.50. The van der Waals surface area contributed by atoms with Gasteiger partial charge in [0.2, 0.25) is 5.91 Å². The van der Waals surface area contributed by atoms with E-state index in [1.165, 1.54) is 0 Å². The van der Waals surface area contributed by atoms with E-state index in [0.29, 0.717) is 13.0 Å². The largest absolute Gasteiger partial charge is 0.377 e. The second kappa shape index (κ2) is 6.81. The zero-order valence-corrected chi connectivity index (χ0v) is 15.3. The molecule has 24 heavy (non-hydrogen) atoms. The van der Waals surface area contributed by atoms with Gasteiger partial charge in [-0.25, -0.2) is 4.79 Å². The minimum atomic E-state index is -0.581. The molecule has 7 heteroatoms. The summed E-state index contributed by atoms with van der Waals surface area (Å²) in [6.07, 6.45) is 2.67. The topological polar surface area (TPSA) is 76.7 Å². The van der Waals surface area contributed by atoms with Crippen molar-refractivity contribution in [3.63, 3.8) is 0 Å². The van der Waals surface area contributed by atoms with Crippen molar-refractivity contribution in [2.75, 3.05) is 6.61 Å². The van der Waals surface area contributed by atoms with Gasteiger partial charge in [0.05, 0.1) is 23.5 Å². The lowest BCUT2D eigenvalue weighted by molar-refractivity contribution is -0.170. The fourth-order valence-corrected chi connectivity index (χ4v) is 4.23. The van der Waals surface area contributed by atoms with Gasteiger partial charge in [0.15, 0.2) is 0 Å². The van der Waals surface area contributed by atoms with Crippen molar-refractivity contribution in [3.05, 3.63) is 0 Å². The van der Waals surface area contributed by atoms with E-state index >= 15 is 0 Å². The molecular weight excluding hydrogens is 332 g/mol. The van der Waals surface area contributed by atoms with Gasteiger partial charge in [-0.1, -0.05) is 20.8 Å². The van der Waals surface area contributed by atoms with Gasteiger partial charge in [0, 0.05) is 6.61 Å². The normalized spacial score (nSPS) is 39.5. The van der Waals surface area contributed by atoms with Crippen molar-refractivity contribution < 1.29 is 19.1 Å². The van der Waals surface area contributed by atoms with Crippen LogP contribution in [0.3, 0.4) is 0 Å². The lowest BCUT2D eigenvalue weighted by Gasteiger charge is -2.48. The van der Waals surface area contributed by atoms with Crippen LogP contribution in [0.1, 0.15) is 46.5 Å². The van der Waals surface area contributed by atoms with Crippen LogP contribution in [0.4, 0.5) is 4.79 Å². The highest BCUT2D eigenvalue weighted by Crippen LogP contribution is 2.41. The van der Waals surface area contributed by atoms with Gasteiger partial charge in [-0.05, 0) is 37.0 Å². The number of alkyl halides is 1. The van der Waals surface area contributed by atoms with Gasteiger partial charge in [0.25, 0.3) is 0 Å². The minimum absolute atomic E-state index is 0.0417. The zero-order valence-electron chi connectivity index (χ0n) is 14.5. The molecule has 2 aliphatic heterocycles. The lowest BCUT2D eigenvalue weighted by atomic mass is 9.76. The average molecular weight is 359 g/mol. The predicted molar refractivity (Wildman–Crippen MR) is 89.6 cm³/mol. The van der Waals surface area contributed by atoms with Crippen LogP contribution in [0, 0.1) is 17.3 Å². The third kappa shape index (κ3) is 3.86. The molecule has 6 atom stereocenters. The molecule has 0 spiro atoms. The Bertz CT molecular complexity index is 507. The van der Waals surface area contributed by atoms with Crippen molar-refractivity contribution in [1.29, 1.82) is 0 Å². The van der Waals surface area contributed by atoms with Crippen LogP contribution in [-0.4, -0.2) is 42.4 Å². The fourth-order valence-electron chi connectivity index (χ4n) is 3.77. The predicted octanol–water partition coefficient (Wildman–Crippen LogP) is 2.40. The van der Waals surface area contributed by atoms with Gasteiger partial charge in [-0.2, -0.15) is 0 Å². The second-order valence-electron chi connectivity index (χ2n) is 8.33. The summed E-state index contributed by atoms with van der Waals surface area (Å²) in [5.74, 6) is -0.347. The van der Waals surface area contributed by atoms with Gasteiger partial charge in [0.1, 0.15) is 6.23 Å². The molecule has 3 amide bonds. The first-order valence-corrected chi connectivity index (χ1v) is 9.21. The molecular formula is C17H27ClN2O4. The molecule has 3 fully saturated rings. The second-order valence-corrected chi connectivity index (χ2v) is 8.83. The van der Waals surface area contributed by atoms with Crippen LogP contribution in [-0.2, 0) is 14.3 Å². The Morgan fingerprint density at radius 3 is 2.75 bits per heavy atom. The molecule has 0 radical (unpaired) electrons. The molecule has 0 aromatic heterocycles. The smallest absolute Gasteiger partial charge is 0.323 e. The molecule has 2 N–H and O–H groups in total. The number of carbonyl (C=O) groups is 2. The van der Waals surface area contributed by atoms with Crippen molar-refractivity contribution in [3.8, 4) is 0 Å². The summed E-state index contributed by atoms with van der Waals surface area (Å²) in [6, 6.07) is -0.500. The molecule has 3 rings (SSSR count). The van der Waals surface area contributed by atoms with Crippen LogP contribution in [0.5, 0.6) is 0 Å². The molecule has 0 bridgehead atoms. The summed E-state index contributed by atoms with van der Waals surface area (Å²) >= 11 is 6.65. The summed E-state index contributed by atoms with van der Waals surface area (Å²) in [6.45, 7) is 7.24. The zero-order chi connectivity index (χ0) is 17.5. The summed E-state index contributed by atoms with van der Waals surface area (Å²) < 4.78 is 12.0. The van der Waals surface area contributed by atoms with E-state index in [9.17, 15) is 9.59 Å². The SMILES string of the molecule is CC(C)(C)CCOC1CCC2CC3C(=O)NC(=O)NC3OC2C1Cl. The highest BCUT2D eigenvalue weighted by molar-refractivity contribution is 6.21. The Morgan fingerprint density at radius 1 is 1.29 bits per heavy atom. The first-order valence-electron chi connectivity index (χ1n) is 8.77. The Hall–Kier alpha value is -0.850. The third-order valence-corrected chi connectivity index (χ3v) is 5.74. The molecule has 2 heterocycles. The van der Waals surface area contributed by atoms with Crippen LogP contribution < -0.4 is 10.6 Å². The monoisotopic (exact) mass is 358 g/mol. The summed E-state index contributed by atoms with van der Waals surface area (Å²) in [5, 5.41) is 4.74. The van der Waals surface area contributed by atoms with Crippen molar-refractivity contribution in [2.24, 2.45) is 17.3 Å². The molecule has 0 aromatic rings. The Morgan fingerprint density at radius 2 is 2.04 bits per heavy atom. The van der Waals surface area contributed by atoms with E-state index in [4.69, 9.17) is 21.1 Å². The van der Waals surface area contributed by atoms with Crippen molar-refractivity contribution in [1.82, 2.24) is 10.6 Å². The van der Waals surface area contributed by atoms with Gasteiger partial charge in [-0.3, -0.25) is 10.1 Å². The number of imide groups is 1. The lowest BCUT2D eigenvalue weighted by Crippen LogP contribution is -2.65. The Balaban J connectivity index is 1.60. The quantitative estimate of drug-likeness (QED) is 0.759. The number of ether oxygens (including phenoxy) is 2. The van der Waals surface area contributed by atoms with E-state index in [0.717, 1.165) is 19.3 Å². The number of rotatable bonds is 3. The van der Waals surface area contributed by atoms with Crippen LogP contribution >= 0.6 is 11.6 Å². The maximum absolute atomic E-state index is 12.0.